The first-order valence-corrected chi connectivity index (χ1v) is 8.81. The maximum atomic E-state index is 12.8. The first kappa shape index (κ1) is 16.7. The third-order valence-corrected chi connectivity index (χ3v) is 5.01. The van der Waals surface area contributed by atoms with E-state index in [0.29, 0.717) is 5.56 Å². The van der Waals surface area contributed by atoms with Crippen LogP contribution in [0.25, 0.3) is 10.8 Å². The highest BCUT2D eigenvalue weighted by atomic mass is 16.5. The standard InChI is InChI=1S/C21H24O3/c1-14-12-13-19(18-11-7-6-10-17(14)18)20(22)15(2)24-21(23)16-8-4-3-5-9-16/h6-7,10-13,15-16H,3-5,8-9H2,1-2H3. The van der Waals surface area contributed by atoms with Crippen molar-refractivity contribution >= 4 is 22.5 Å². The summed E-state index contributed by atoms with van der Waals surface area (Å²) in [6.45, 7) is 3.71. The van der Waals surface area contributed by atoms with Gasteiger partial charge < -0.3 is 4.74 Å². The number of ketones is 1. The van der Waals surface area contributed by atoms with Crippen molar-refractivity contribution in [1.29, 1.82) is 0 Å². The maximum Gasteiger partial charge on any atom is 0.309 e. The molecule has 3 nitrogen and oxygen atoms in total. The van der Waals surface area contributed by atoms with Gasteiger partial charge in [-0.15, -0.1) is 0 Å². The summed E-state index contributed by atoms with van der Waals surface area (Å²) in [7, 11) is 0. The zero-order valence-corrected chi connectivity index (χ0v) is 14.4. The molecule has 2 aromatic rings. The smallest absolute Gasteiger partial charge is 0.309 e. The van der Waals surface area contributed by atoms with E-state index in [-0.39, 0.29) is 17.7 Å². The molecular weight excluding hydrogens is 300 g/mol. The van der Waals surface area contributed by atoms with Crippen molar-refractivity contribution in [3.63, 3.8) is 0 Å². The van der Waals surface area contributed by atoms with Crippen LogP contribution < -0.4 is 0 Å². The summed E-state index contributed by atoms with van der Waals surface area (Å²) in [5.41, 5.74) is 1.76. The van der Waals surface area contributed by atoms with Crippen molar-refractivity contribution < 1.29 is 14.3 Å². The lowest BCUT2D eigenvalue weighted by atomic mass is 9.89. The number of aryl methyl sites for hydroxylation is 1. The molecule has 1 fully saturated rings. The molecule has 0 aromatic heterocycles. The molecule has 1 aliphatic carbocycles. The van der Waals surface area contributed by atoms with Crippen molar-refractivity contribution in [2.45, 2.75) is 52.1 Å². The molecule has 1 atom stereocenters. The van der Waals surface area contributed by atoms with Crippen LogP contribution in [0.4, 0.5) is 0 Å². The van der Waals surface area contributed by atoms with Gasteiger partial charge in [0.15, 0.2) is 6.10 Å². The summed E-state index contributed by atoms with van der Waals surface area (Å²) >= 11 is 0. The minimum absolute atomic E-state index is 0.0382. The van der Waals surface area contributed by atoms with Crippen molar-refractivity contribution in [2.24, 2.45) is 5.92 Å². The molecule has 1 unspecified atom stereocenters. The molecule has 0 amide bonds. The van der Waals surface area contributed by atoms with E-state index in [4.69, 9.17) is 4.74 Å². The second kappa shape index (κ2) is 7.16. The number of ether oxygens (including phenoxy) is 1. The highest BCUT2D eigenvalue weighted by Gasteiger charge is 2.27. The molecule has 0 bridgehead atoms. The molecule has 1 saturated carbocycles. The number of carbonyl (C=O) groups excluding carboxylic acids is 2. The largest absolute Gasteiger partial charge is 0.454 e. The molecule has 0 aliphatic heterocycles. The minimum Gasteiger partial charge on any atom is -0.454 e. The number of esters is 1. The Balaban J connectivity index is 1.78. The average molecular weight is 324 g/mol. The van der Waals surface area contributed by atoms with Gasteiger partial charge in [-0.05, 0) is 43.0 Å². The highest BCUT2D eigenvalue weighted by molar-refractivity contribution is 6.11. The summed E-state index contributed by atoms with van der Waals surface area (Å²) in [6, 6.07) is 11.6. The zero-order chi connectivity index (χ0) is 17.1. The lowest BCUT2D eigenvalue weighted by Gasteiger charge is -2.22. The van der Waals surface area contributed by atoms with Gasteiger partial charge in [0.2, 0.25) is 5.78 Å². The van der Waals surface area contributed by atoms with E-state index in [0.717, 1.165) is 42.0 Å². The number of benzene rings is 2. The van der Waals surface area contributed by atoms with Crippen molar-refractivity contribution in [2.75, 3.05) is 0 Å². The van der Waals surface area contributed by atoms with Gasteiger partial charge in [-0.2, -0.15) is 0 Å². The van der Waals surface area contributed by atoms with Gasteiger partial charge >= 0.3 is 5.97 Å². The molecular formula is C21H24O3. The van der Waals surface area contributed by atoms with E-state index in [9.17, 15) is 9.59 Å². The van der Waals surface area contributed by atoms with E-state index >= 15 is 0 Å². The minimum atomic E-state index is -0.745. The number of hydrogen-bond donors (Lipinski definition) is 0. The Morgan fingerprint density at radius 3 is 2.38 bits per heavy atom. The molecule has 3 rings (SSSR count). The second-order valence-corrected chi connectivity index (χ2v) is 6.75. The number of Topliss-reactive ketones (excluding diaryl/α,β-unsaturated/α-hetero) is 1. The second-order valence-electron chi connectivity index (χ2n) is 6.75. The quantitative estimate of drug-likeness (QED) is 0.597. The molecule has 2 aromatic carbocycles. The predicted molar refractivity (Wildman–Crippen MR) is 95.1 cm³/mol. The Morgan fingerprint density at radius 2 is 1.67 bits per heavy atom. The molecule has 1 aliphatic rings. The first-order valence-electron chi connectivity index (χ1n) is 8.81. The van der Waals surface area contributed by atoms with Gasteiger partial charge in [-0.25, -0.2) is 0 Å². The Morgan fingerprint density at radius 1 is 1.00 bits per heavy atom. The van der Waals surface area contributed by atoms with E-state index in [2.05, 4.69) is 0 Å². The normalized spacial score (nSPS) is 16.8. The summed E-state index contributed by atoms with van der Waals surface area (Å²) in [5, 5.41) is 1.98. The van der Waals surface area contributed by atoms with Gasteiger partial charge in [-0.3, -0.25) is 9.59 Å². The third-order valence-electron chi connectivity index (χ3n) is 5.01. The fourth-order valence-electron chi connectivity index (χ4n) is 3.55. The average Bonchev–Trinajstić information content (AvgIpc) is 2.62. The van der Waals surface area contributed by atoms with Crippen LogP contribution in [-0.4, -0.2) is 17.9 Å². The monoisotopic (exact) mass is 324 g/mol. The Labute approximate surface area is 143 Å². The molecule has 126 valence electrons. The van der Waals surface area contributed by atoms with Crippen LogP contribution in [0.3, 0.4) is 0 Å². The van der Waals surface area contributed by atoms with E-state index < -0.39 is 6.10 Å². The van der Waals surface area contributed by atoms with Crippen LogP contribution in [0.15, 0.2) is 36.4 Å². The predicted octanol–water partition coefficient (Wildman–Crippen LogP) is 4.84. The SMILES string of the molecule is Cc1ccc(C(=O)C(C)OC(=O)C2CCCCC2)c2ccccc12. The zero-order valence-electron chi connectivity index (χ0n) is 14.4. The van der Waals surface area contributed by atoms with Crippen LogP contribution >= 0.6 is 0 Å². The van der Waals surface area contributed by atoms with Crippen LogP contribution in [0.5, 0.6) is 0 Å². The van der Waals surface area contributed by atoms with Crippen LogP contribution in [-0.2, 0) is 9.53 Å². The van der Waals surface area contributed by atoms with Crippen LogP contribution in [0.2, 0.25) is 0 Å². The van der Waals surface area contributed by atoms with E-state index in [1.165, 1.54) is 6.42 Å². The van der Waals surface area contributed by atoms with Crippen molar-refractivity contribution in [3.8, 4) is 0 Å². The fraction of sp³-hybridized carbons (Fsp3) is 0.429. The van der Waals surface area contributed by atoms with Gasteiger partial charge in [0.1, 0.15) is 0 Å². The molecule has 0 spiro atoms. The van der Waals surface area contributed by atoms with Gasteiger partial charge in [0.25, 0.3) is 0 Å². The number of rotatable bonds is 4. The molecule has 24 heavy (non-hydrogen) atoms. The molecule has 0 heterocycles. The Kier molecular flexibility index (Phi) is 4.98. The van der Waals surface area contributed by atoms with Crippen molar-refractivity contribution in [1.82, 2.24) is 0 Å². The topological polar surface area (TPSA) is 43.4 Å². The van der Waals surface area contributed by atoms with Crippen LogP contribution in [0.1, 0.15) is 54.9 Å². The summed E-state index contributed by atoms with van der Waals surface area (Å²) in [6.07, 6.45) is 4.36. The summed E-state index contributed by atoms with van der Waals surface area (Å²) in [4.78, 5) is 25.1. The molecule has 0 radical (unpaired) electrons. The Hall–Kier alpha value is -2.16. The van der Waals surface area contributed by atoms with E-state index in [1.54, 1.807) is 6.92 Å². The number of hydrogen-bond acceptors (Lipinski definition) is 3. The molecule has 0 N–H and O–H groups in total. The first-order chi connectivity index (χ1) is 11.6. The lowest BCUT2D eigenvalue weighted by Crippen LogP contribution is -2.29. The highest BCUT2D eigenvalue weighted by Crippen LogP contribution is 2.27. The lowest BCUT2D eigenvalue weighted by molar-refractivity contribution is -0.152. The Bertz CT molecular complexity index is 757. The van der Waals surface area contributed by atoms with E-state index in [1.807, 2.05) is 43.3 Å². The number of fused-ring (bicyclic) bond motifs is 1. The van der Waals surface area contributed by atoms with Gasteiger partial charge in [0, 0.05) is 5.56 Å². The number of carbonyl (C=O) groups is 2. The van der Waals surface area contributed by atoms with Crippen molar-refractivity contribution in [3.05, 3.63) is 47.5 Å². The molecule has 0 saturated heterocycles. The van der Waals surface area contributed by atoms with Crippen LogP contribution in [0, 0.1) is 12.8 Å². The van der Waals surface area contributed by atoms with Gasteiger partial charge in [0.05, 0.1) is 5.92 Å². The third kappa shape index (κ3) is 3.35. The fourth-order valence-corrected chi connectivity index (χ4v) is 3.55. The molecule has 3 heteroatoms. The maximum absolute atomic E-state index is 12.8. The summed E-state index contributed by atoms with van der Waals surface area (Å²) < 4.78 is 5.50. The van der Waals surface area contributed by atoms with Gasteiger partial charge in [-0.1, -0.05) is 55.7 Å². The summed E-state index contributed by atoms with van der Waals surface area (Å²) in [5.74, 6) is -0.383.